The monoisotopic (exact) mass is 244 g/mol. The van der Waals surface area contributed by atoms with Crippen molar-refractivity contribution in [1.29, 1.82) is 0 Å². The zero-order valence-corrected chi connectivity index (χ0v) is 10.5. The molecule has 4 heteroatoms. The van der Waals surface area contributed by atoms with E-state index in [1.807, 2.05) is 37.3 Å². The fourth-order valence-corrected chi connectivity index (χ4v) is 2.13. The number of benzene rings is 1. The van der Waals surface area contributed by atoms with Crippen LogP contribution in [0.5, 0.6) is 0 Å². The molecule has 1 heterocycles. The van der Waals surface area contributed by atoms with Crippen LogP contribution >= 0.6 is 0 Å². The molecule has 0 saturated heterocycles. The summed E-state index contributed by atoms with van der Waals surface area (Å²) in [4.78, 5) is 15.9. The number of carboxylic acid groups (broad SMARTS) is 1. The minimum absolute atomic E-state index is 0.697. The lowest BCUT2D eigenvalue weighted by Gasteiger charge is -2.28. The van der Waals surface area contributed by atoms with Crippen LogP contribution in [0.15, 0.2) is 42.7 Å². The van der Waals surface area contributed by atoms with E-state index in [1.54, 1.807) is 23.9 Å². The number of aliphatic carboxylic acids is 1. The van der Waals surface area contributed by atoms with Crippen LogP contribution in [0.1, 0.15) is 25.2 Å². The quantitative estimate of drug-likeness (QED) is 0.897. The summed E-state index contributed by atoms with van der Waals surface area (Å²) >= 11 is 0. The molecule has 0 amide bonds. The Balaban J connectivity index is 2.62. The summed E-state index contributed by atoms with van der Waals surface area (Å²) in [6.45, 7) is 3.66. The summed E-state index contributed by atoms with van der Waals surface area (Å²) in [5.41, 5.74) is -0.381. The molecule has 1 aromatic carbocycles. The lowest BCUT2D eigenvalue weighted by atomic mass is 9.91. The molecule has 94 valence electrons. The maximum Gasteiger partial charge on any atom is 0.334 e. The molecule has 0 fully saturated rings. The van der Waals surface area contributed by atoms with E-state index in [9.17, 15) is 9.90 Å². The van der Waals surface area contributed by atoms with Gasteiger partial charge in [-0.15, -0.1) is 0 Å². The van der Waals surface area contributed by atoms with Crippen LogP contribution in [0, 0.1) is 0 Å². The number of carbonyl (C=O) groups is 1. The average molecular weight is 244 g/mol. The van der Waals surface area contributed by atoms with Gasteiger partial charge in [-0.25, -0.2) is 9.78 Å². The molecule has 1 unspecified atom stereocenters. The van der Waals surface area contributed by atoms with Crippen LogP contribution in [-0.2, 0) is 16.8 Å². The van der Waals surface area contributed by atoms with E-state index in [0.29, 0.717) is 6.42 Å². The Kier molecular flexibility index (Phi) is 3.19. The zero-order chi connectivity index (χ0) is 13.2. The van der Waals surface area contributed by atoms with Crippen LogP contribution in [-0.4, -0.2) is 20.6 Å². The van der Waals surface area contributed by atoms with Crippen LogP contribution in [0.4, 0.5) is 0 Å². The van der Waals surface area contributed by atoms with Crippen molar-refractivity contribution in [1.82, 2.24) is 9.55 Å². The number of nitrogens with zero attached hydrogens (tertiary/aromatic N) is 2. The molecule has 0 bridgehead atoms. The molecule has 2 rings (SSSR count). The third-order valence-electron chi connectivity index (χ3n) is 3.27. The second-order valence-corrected chi connectivity index (χ2v) is 4.31. The van der Waals surface area contributed by atoms with E-state index in [-0.39, 0.29) is 0 Å². The smallest absolute Gasteiger partial charge is 0.334 e. The van der Waals surface area contributed by atoms with Crippen molar-refractivity contribution >= 4 is 5.97 Å². The first-order valence-electron chi connectivity index (χ1n) is 5.92. The van der Waals surface area contributed by atoms with Gasteiger partial charge in [0.05, 0.1) is 0 Å². The second kappa shape index (κ2) is 4.64. The Morgan fingerprint density at radius 1 is 1.39 bits per heavy atom. The highest BCUT2D eigenvalue weighted by atomic mass is 16.4. The van der Waals surface area contributed by atoms with Gasteiger partial charge in [0.2, 0.25) is 0 Å². The van der Waals surface area contributed by atoms with Gasteiger partial charge in [0.15, 0.2) is 5.54 Å². The molecule has 0 aliphatic rings. The standard InChI is InChI=1S/C14H16N2O2/c1-3-12-15-9-10-16(12)14(2,13(17)18)11-7-5-4-6-8-11/h4-10H,3H2,1-2H3,(H,17,18). The molecule has 2 aromatic rings. The van der Waals surface area contributed by atoms with Gasteiger partial charge < -0.3 is 9.67 Å². The Morgan fingerprint density at radius 3 is 2.61 bits per heavy atom. The minimum atomic E-state index is -1.12. The normalized spacial score (nSPS) is 14.1. The molecule has 0 aliphatic carbocycles. The van der Waals surface area contributed by atoms with Crippen molar-refractivity contribution < 1.29 is 9.90 Å². The van der Waals surface area contributed by atoms with Crippen molar-refractivity contribution in [3.05, 3.63) is 54.1 Å². The zero-order valence-electron chi connectivity index (χ0n) is 10.5. The van der Waals surface area contributed by atoms with Crippen molar-refractivity contribution in [3.63, 3.8) is 0 Å². The highest BCUT2D eigenvalue weighted by molar-refractivity contribution is 5.80. The van der Waals surface area contributed by atoms with Crippen molar-refractivity contribution in [3.8, 4) is 0 Å². The third-order valence-corrected chi connectivity index (χ3v) is 3.27. The van der Waals surface area contributed by atoms with Gasteiger partial charge in [0, 0.05) is 18.8 Å². The van der Waals surface area contributed by atoms with E-state index >= 15 is 0 Å². The highest BCUT2D eigenvalue weighted by Crippen LogP contribution is 2.27. The van der Waals surface area contributed by atoms with Crippen LogP contribution in [0.2, 0.25) is 0 Å². The van der Waals surface area contributed by atoms with Crippen molar-refractivity contribution in [2.24, 2.45) is 0 Å². The number of hydrogen-bond acceptors (Lipinski definition) is 2. The predicted molar refractivity (Wildman–Crippen MR) is 68.4 cm³/mol. The first-order valence-corrected chi connectivity index (χ1v) is 5.92. The van der Waals surface area contributed by atoms with Gasteiger partial charge in [0.1, 0.15) is 5.82 Å². The first kappa shape index (κ1) is 12.4. The van der Waals surface area contributed by atoms with E-state index < -0.39 is 11.5 Å². The fraction of sp³-hybridized carbons (Fsp3) is 0.286. The SMILES string of the molecule is CCc1nccn1C(C)(C(=O)O)c1ccccc1. The van der Waals surface area contributed by atoms with Gasteiger partial charge in [-0.05, 0) is 12.5 Å². The van der Waals surface area contributed by atoms with Crippen LogP contribution in [0.3, 0.4) is 0 Å². The number of imidazole rings is 1. The number of rotatable bonds is 4. The largest absolute Gasteiger partial charge is 0.479 e. The lowest BCUT2D eigenvalue weighted by Crippen LogP contribution is -2.40. The lowest BCUT2D eigenvalue weighted by molar-refractivity contribution is -0.144. The van der Waals surface area contributed by atoms with Gasteiger partial charge in [-0.3, -0.25) is 0 Å². The number of hydrogen-bond donors (Lipinski definition) is 1. The summed E-state index contributed by atoms with van der Waals surface area (Å²) in [5.74, 6) is -0.120. The Morgan fingerprint density at radius 2 is 2.06 bits per heavy atom. The number of aromatic nitrogens is 2. The van der Waals surface area contributed by atoms with E-state index in [1.165, 1.54) is 0 Å². The molecular weight excluding hydrogens is 228 g/mol. The minimum Gasteiger partial charge on any atom is -0.479 e. The molecule has 0 radical (unpaired) electrons. The summed E-state index contributed by atoms with van der Waals surface area (Å²) < 4.78 is 1.73. The van der Waals surface area contributed by atoms with E-state index in [2.05, 4.69) is 4.98 Å². The van der Waals surface area contributed by atoms with Gasteiger partial charge in [-0.2, -0.15) is 0 Å². The molecule has 1 aromatic heterocycles. The van der Waals surface area contributed by atoms with E-state index in [0.717, 1.165) is 11.4 Å². The second-order valence-electron chi connectivity index (χ2n) is 4.31. The van der Waals surface area contributed by atoms with Gasteiger partial charge in [0.25, 0.3) is 0 Å². The summed E-state index contributed by atoms with van der Waals surface area (Å²) in [6, 6.07) is 9.22. The summed E-state index contributed by atoms with van der Waals surface area (Å²) in [6.07, 6.45) is 4.06. The van der Waals surface area contributed by atoms with E-state index in [4.69, 9.17) is 0 Å². The molecule has 0 aliphatic heterocycles. The third kappa shape index (κ3) is 1.79. The van der Waals surface area contributed by atoms with Gasteiger partial charge >= 0.3 is 5.97 Å². The summed E-state index contributed by atoms with van der Waals surface area (Å²) in [7, 11) is 0. The molecular formula is C14H16N2O2. The predicted octanol–water partition coefficient (Wildman–Crippen LogP) is 2.29. The molecule has 0 spiro atoms. The summed E-state index contributed by atoms with van der Waals surface area (Å²) in [5, 5.41) is 9.63. The van der Waals surface area contributed by atoms with Gasteiger partial charge in [-0.1, -0.05) is 37.3 Å². The molecule has 18 heavy (non-hydrogen) atoms. The molecule has 1 atom stereocenters. The van der Waals surface area contributed by atoms with Crippen LogP contribution < -0.4 is 0 Å². The van der Waals surface area contributed by atoms with Crippen molar-refractivity contribution in [2.75, 3.05) is 0 Å². The molecule has 0 saturated carbocycles. The van der Waals surface area contributed by atoms with Crippen molar-refractivity contribution in [2.45, 2.75) is 25.8 Å². The first-order chi connectivity index (χ1) is 8.60. The Hall–Kier alpha value is -2.10. The number of aryl methyl sites for hydroxylation is 1. The maximum absolute atomic E-state index is 11.7. The Bertz CT molecular complexity index is 548. The van der Waals surface area contributed by atoms with Crippen LogP contribution in [0.25, 0.3) is 0 Å². The molecule has 1 N–H and O–H groups in total. The maximum atomic E-state index is 11.7. The molecule has 4 nitrogen and oxygen atoms in total. The topological polar surface area (TPSA) is 55.1 Å². The number of carboxylic acids is 1. The Labute approximate surface area is 106 Å². The average Bonchev–Trinajstić information content (AvgIpc) is 2.87. The highest BCUT2D eigenvalue weighted by Gasteiger charge is 2.38. The fourth-order valence-electron chi connectivity index (χ4n) is 2.13.